The highest BCUT2D eigenvalue weighted by molar-refractivity contribution is 7.99. The van der Waals surface area contributed by atoms with E-state index in [1.54, 1.807) is 12.1 Å². The van der Waals surface area contributed by atoms with Crippen LogP contribution in [0.4, 0.5) is 15.8 Å². The Kier molecular flexibility index (Phi) is 5.43. The SMILES string of the molecule is Nc1cc(Sc2cccc(F)c2)c(OC2CCCCC2)cc1[N+](=O)[O-]. The number of anilines is 1. The number of nitrogens with zero attached hydrogens (tertiary/aromatic N) is 1. The molecule has 2 N–H and O–H groups in total. The molecule has 7 heteroatoms. The summed E-state index contributed by atoms with van der Waals surface area (Å²) >= 11 is 1.28. The molecule has 132 valence electrons. The molecule has 0 amide bonds. The van der Waals surface area contributed by atoms with Crippen molar-refractivity contribution < 1.29 is 14.1 Å². The van der Waals surface area contributed by atoms with Gasteiger partial charge in [0.15, 0.2) is 0 Å². The van der Waals surface area contributed by atoms with Gasteiger partial charge in [-0.25, -0.2) is 4.39 Å². The largest absolute Gasteiger partial charge is 0.489 e. The molecular formula is C18H19FN2O3S. The number of hydrogen-bond donors (Lipinski definition) is 1. The molecule has 0 aromatic heterocycles. The number of benzene rings is 2. The van der Waals surface area contributed by atoms with Crippen LogP contribution in [0.3, 0.4) is 0 Å². The van der Waals surface area contributed by atoms with Gasteiger partial charge < -0.3 is 10.5 Å². The number of nitro benzene ring substituents is 1. The van der Waals surface area contributed by atoms with E-state index in [1.165, 1.54) is 42.4 Å². The molecule has 25 heavy (non-hydrogen) atoms. The van der Waals surface area contributed by atoms with Gasteiger partial charge in [-0.3, -0.25) is 10.1 Å². The van der Waals surface area contributed by atoms with E-state index in [0.717, 1.165) is 25.7 Å². The summed E-state index contributed by atoms with van der Waals surface area (Å²) in [6.07, 6.45) is 5.28. The standard InChI is InChI=1S/C18H19FN2O3S/c19-12-5-4-8-14(9-12)25-18-10-15(20)16(21(22)23)11-17(18)24-13-6-2-1-3-7-13/h4-5,8-11,13H,1-3,6-7,20H2. The molecule has 0 saturated heterocycles. The molecule has 2 aromatic rings. The Bertz CT molecular complexity index is 779. The maximum Gasteiger partial charge on any atom is 0.295 e. The summed E-state index contributed by atoms with van der Waals surface area (Å²) < 4.78 is 19.5. The van der Waals surface area contributed by atoms with Crippen molar-refractivity contribution >= 4 is 23.1 Å². The normalized spacial score (nSPS) is 15.1. The number of nitrogen functional groups attached to an aromatic ring is 1. The minimum Gasteiger partial charge on any atom is -0.489 e. The number of rotatable bonds is 5. The zero-order valence-electron chi connectivity index (χ0n) is 13.6. The van der Waals surface area contributed by atoms with Crippen LogP contribution in [0, 0.1) is 15.9 Å². The van der Waals surface area contributed by atoms with Gasteiger partial charge in [0.1, 0.15) is 17.3 Å². The third-order valence-corrected chi connectivity index (χ3v) is 5.19. The smallest absolute Gasteiger partial charge is 0.295 e. The monoisotopic (exact) mass is 362 g/mol. The lowest BCUT2D eigenvalue weighted by atomic mass is 9.98. The highest BCUT2D eigenvalue weighted by Crippen LogP contribution is 2.41. The van der Waals surface area contributed by atoms with Crippen LogP contribution in [0.25, 0.3) is 0 Å². The van der Waals surface area contributed by atoms with Crippen molar-refractivity contribution in [2.45, 2.75) is 48.0 Å². The van der Waals surface area contributed by atoms with Crippen LogP contribution in [-0.2, 0) is 0 Å². The van der Waals surface area contributed by atoms with Crippen molar-refractivity contribution in [3.05, 3.63) is 52.3 Å². The van der Waals surface area contributed by atoms with Crippen molar-refractivity contribution in [1.82, 2.24) is 0 Å². The fourth-order valence-corrected chi connectivity index (χ4v) is 3.88. The molecular weight excluding hydrogens is 343 g/mol. The van der Waals surface area contributed by atoms with E-state index < -0.39 is 4.92 Å². The highest BCUT2D eigenvalue weighted by atomic mass is 32.2. The summed E-state index contributed by atoms with van der Waals surface area (Å²) in [6.45, 7) is 0. The van der Waals surface area contributed by atoms with Gasteiger partial charge in [0.2, 0.25) is 0 Å². The van der Waals surface area contributed by atoms with Crippen molar-refractivity contribution in [3.8, 4) is 5.75 Å². The Labute approximate surface area is 149 Å². The van der Waals surface area contributed by atoms with E-state index in [4.69, 9.17) is 10.5 Å². The third-order valence-electron chi connectivity index (χ3n) is 4.16. The van der Waals surface area contributed by atoms with Gasteiger partial charge in [0, 0.05) is 4.90 Å². The predicted molar refractivity (Wildman–Crippen MR) is 95.5 cm³/mol. The second-order valence-corrected chi connectivity index (χ2v) is 7.17. The average Bonchev–Trinajstić information content (AvgIpc) is 2.58. The molecule has 0 bridgehead atoms. The van der Waals surface area contributed by atoms with Crippen molar-refractivity contribution in [2.75, 3.05) is 5.73 Å². The number of hydrogen-bond acceptors (Lipinski definition) is 5. The molecule has 0 atom stereocenters. The average molecular weight is 362 g/mol. The number of ether oxygens (including phenoxy) is 1. The molecule has 0 spiro atoms. The molecule has 0 heterocycles. The first kappa shape index (κ1) is 17.5. The van der Waals surface area contributed by atoms with Crippen molar-refractivity contribution in [1.29, 1.82) is 0 Å². The first-order valence-electron chi connectivity index (χ1n) is 8.21. The minimum atomic E-state index is -0.514. The van der Waals surface area contributed by atoms with Crippen LogP contribution in [0.2, 0.25) is 0 Å². The summed E-state index contributed by atoms with van der Waals surface area (Å²) in [6, 6.07) is 9.08. The molecule has 0 unspecified atom stereocenters. The first-order chi connectivity index (χ1) is 12.0. The topological polar surface area (TPSA) is 78.4 Å². The van der Waals surface area contributed by atoms with Crippen molar-refractivity contribution in [3.63, 3.8) is 0 Å². The molecule has 1 aliphatic carbocycles. The number of nitrogens with two attached hydrogens (primary N) is 1. The quantitative estimate of drug-likeness (QED) is 0.450. The lowest BCUT2D eigenvalue weighted by molar-refractivity contribution is -0.384. The van der Waals surface area contributed by atoms with Gasteiger partial charge in [-0.2, -0.15) is 0 Å². The zero-order valence-corrected chi connectivity index (χ0v) is 14.4. The summed E-state index contributed by atoms with van der Waals surface area (Å²) in [5.41, 5.74) is 5.72. The minimum absolute atomic E-state index is 0.0452. The number of nitro groups is 1. The van der Waals surface area contributed by atoms with Crippen LogP contribution >= 0.6 is 11.8 Å². The molecule has 0 aliphatic heterocycles. The highest BCUT2D eigenvalue weighted by Gasteiger charge is 2.22. The molecule has 1 saturated carbocycles. The summed E-state index contributed by atoms with van der Waals surface area (Å²) in [4.78, 5) is 12.0. The van der Waals surface area contributed by atoms with E-state index in [1.807, 2.05) is 0 Å². The zero-order chi connectivity index (χ0) is 17.8. The van der Waals surface area contributed by atoms with Crippen molar-refractivity contribution in [2.24, 2.45) is 0 Å². The van der Waals surface area contributed by atoms with Gasteiger partial charge in [0.05, 0.1) is 22.0 Å². The maximum atomic E-state index is 13.4. The Hall–Kier alpha value is -2.28. The van der Waals surface area contributed by atoms with Crippen LogP contribution in [0.15, 0.2) is 46.2 Å². The van der Waals surface area contributed by atoms with Crippen LogP contribution in [-0.4, -0.2) is 11.0 Å². The summed E-state index contributed by atoms with van der Waals surface area (Å²) in [5, 5.41) is 11.2. The van der Waals surface area contributed by atoms with Gasteiger partial charge in [0.25, 0.3) is 5.69 Å². The molecule has 3 rings (SSSR count). The fourth-order valence-electron chi connectivity index (χ4n) is 2.91. The second-order valence-electron chi connectivity index (χ2n) is 6.05. The van der Waals surface area contributed by atoms with Gasteiger partial charge in [-0.1, -0.05) is 24.2 Å². The van der Waals surface area contributed by atoms with Gasteiger partial charge >= 0.3 is 0 Å². The lowest BCUT2D eigenvalue weighted by Crippen LogP contribution is -2.20. The molecule has 1 fully saturated rings. The first-order valence-corrected chi connectivity index (χ1v) is 9.02. The van der Waals surface area contributed by atoms with E-state index in [9.17, 15) is 14.5 Å². The molecule has 1 aliphatic rings. The van der Waals surface area contributed by atoms with Gasteiger partial charge in [-0.15, -0.1) is 0 Å². The second kappa shape index (κ2) is 7.74. The van der Waals surface area contributed by atoms with Crippen LogP contribution < -0.4 is 10.5 Å². The summed E-state index contributed by atoms with van der Waals surface area (Å²) in [5.74, 6) is 0.0942. The Balaban J connectivity index is 1.93. The van der Waals surface area contributed by atoms with E-state index in [0.29, 0.717) is 15.5 Å². The van der Waals surface area contributed by atoms with Crippen LogP contribution in [0.1, 0.15) is 32.1 Å². The fraction of sp³-hybridized carbons (Fsp3) is 0.333. The number of halogens is 1. The Morgan fingerprint density at radius 3 is 2.64 bits per heavy atom. The predicted octanol–water partition coefficient (Wildman–Crippen LogP) is 5.18. The third kappa shape index (κ3) is 4.42. The van der Waals surface area contributed by atoms with E-state index in [-0.39, 0.29) is 23.3 Å². The molecule has 2 aromatic carbocycles. The molecule has 5 nitrogen and oxygen atoms in total. The van der Waals surface area contributed by atoms with Crippen LogP contribution in [0.5, 0.6) is 5.75 Å². The molecule has 0 radical (unpaired) electrons. The summed E-state index contributed by atoms with van der Waals surface area (Å²) in [7, 11) is 0. The Morgan fingerprint density at radius 1 is 1.20 bits per heavy atom. The van der Waals surface area contributed by atoms with Gasteiger partial charge in [-0.05, 0) is 49.9 Å². The maximum absolute atomic E-state index is 13.4. The van der Waals surface area contributed by atoms with E-state index in [2.05, 4.69) is 0 Å². The Morgan fingerprint density at radius 2 is 1.96 bits per heavy atom. The lowest BCUT2D eigenvalue weighted by Gasteiger charge is -2.24. The van der Waals surface area contributed by atoms with E-state index >= 15 is 0 Å².